The summed E-state index contributed by atoms with van der Waals surface area (Å²) in [5.74, 6) is 0.847. The van der Waals surface area contributed by atoms with E-state index in [1.54, 1.807) is 0 Å². The minimum atomic E-state index is -0.244. The van der Waals surface area contributed by atoms with E-state index < -0.39 is 0 Å². The topological polar surface area (TPSA) is 84.7 Å². The van der Waals surface area contributed by atoms with Crippen LogP contribution in [-0.4, -0.2) is 15.0 Å². The van der Waals surface area contributed by atoms with Crippen molar-refractivity contribution in [3.63, 3.8) is 0 Å². The van der Waals surface area contributed by atoms with E-state index >= 15 is 0 Å². The summed E-state index contributed by atoms with van der Waals surface area (Å²) >= 11 is 1.40. The molecule has 0 fully saturated rings. The number of aromatic amines is 1. The second-order valence-electron chi connectivity index (χ2n) is 4.26. The van der Waals surface area contributed by atoms with Gasteiger partial charge in [0.05, 0.1) is 11.2 Å². The normalized spacial score (nSPS) is 10.8. The number of aromatic nitrogens is 3. The van der Waals surface area contributed by atoms with Crippen LogP contribution in [0.5, 0.6) is 0 Å². The number of pyridine rings is 1. The zero-order chi connectivity index (χ0) is 13.9. The van der Waals surface area contributed by atoms with E-state index in [0.29, 0.717) is 10.9 Å². The van der Waals surface area contributed by atoms with Crippen molar-refractivity contribution in [3.8, 4) is 0 Å². The summed E-state index contributed by atoms with van der Waals surface area (Å²) in [5.41, 5.74) is 7.19. The number of thioether (sulfide) groups is 1. The second kappa shape index (κ2) is 5.34. The van der Waals surface area contributed by atoms with Gasteiger partial charge >= 0.3 is 0 Å². The lowest BCUT2D eigenvalue weighted by Crippen LogP contribution is -2.09. The zero-order valence-corrected chi connectivity index (χ0v) is 11.4. The monoisotopic (exact) mass is 284 g/mol. The molecule has 0 spiro atoms. The number of nitrogens with zero attached hydrogens (tertiary/aromatic N) is 2. The summed E-state index contributed by atoms with van der Waals surface area (Å²) in [6, 6.07) is 13.2. The average Bonchev–Trinajstić information content (AvgIpc) is 2.44. The Morgan fingerprint density at radius 2 is 2.00 bits per heavy atom. The number of para-hydroxylation sites is 1. The quantitative estimate of drug-likeness (QED) is 0.569. The number of nitrogens with one attached hydrogen (secondary N) is 1. The summed E-state index contributed by atoms with van der Waals surface area (Å²) in [5, 5.41) is 1.61. The van der Waals surface area contributed by atoms with Crippen molar-refractivity contribution in [1.82, 2.24) is 15.0 Å². The van der Waals surface area contributed by atoms with Crippen LogP contribution < -0.4 is 11.3 Å². The van der Waals surface area contributed by atoms with Gasteiger partial charge in [0, 0.05) is 17.2 Å². The minimum Gasteiger partial charge on any atom is -0.383 e. The molecule has 0 saturated carbocycles. The van der Waals surface area contributed by atoms with Crippen molar-refractivity contribution in [3.05, 3.63) is 58.5 Å². The molecule has 20 heavy (non-hydrogen) atoms. The number of nitrogen functional groups attached to an aromatic ring is 1. The average molecular weight is 284 g/mol. The predicted molar refractivity (Wildman–Crippen MR) is 80.6 cm³/mol. The molecule has 1 aromatic carbocycles. The lowest BCUT2D eigenvalue weighted by molar-refractivity contribution is 0.944. The Balaban J connectivity index is 1.81. The van der Waals surface area contributed by atoms with Crippen LogP contribution in [0.2, 0.25) is 0 Å². The molecule has 0 aliphatic heterocycles. The molecule has 100 valence electrons. The van der Waals surface area contributed by atoms with Gasteiger partial charge in [-0.05, 0) is 12.1 Å². The molecule has 0 unspecified atom stereocenters. The Morgan fingerprint density at radius 3 is 2.85 bits per heavy atom. The molecule has 3 rings (SSSR count). The van der Waals surface area contributed by atoms with Gasteiger partial charge in [0.15, 0.2) is 5.16 Å². The number of hydrogen-bond donors (Lipinski definition) is 2. The molecule has 5 nitrogen and oxygen atoms in total. The van der Waals surface area contributed by atoms with Gasteiger partial charge in [-0.3, -0.25) is 9.78 Å². The molecule has 0 radical (unpaired) electrons. The highest BCUT2D eigenvalue weighted by Crippen LogP contribution is 2.19. The van der Waals surface area contributed by atoms with Crippen LogP contribution in [0.1, 0.15) is 5.69 Å². The van der Waals surface area contributed by atoms with Crippen LogP contribution in [0.4, 0.5) is 5.82 Å². The second-order valence-corrected chi connectivity index (χ2v) is 5.22. The molecule has 2 heterocycles. The van der Waals surface area contributed by atoms with Crippen LogP contribution in [-0.2, 0) is 5.75 Å². The number of hydrogen-bond acceptors (Lipinski definition) is 5. The first-order valence-electron chi connectivity index (χ1n) is 6.05. The first-order chi connectivity index (χ1) is 9.70. The van der Waals surface area contributed by atoms with Crippen LogP contribution in [0, 0.1) is 0 Å². The van der Waals surface area contributed by atoms with Gasteiger partial charge < -0.3 is 10.7 Å². The molecular weight excluding hydrogens is 272 g/mol. The summed E-state index contributed by atoms with van der Waals surface area (Å²) in [6.07, 6.45) is 0. The van der Waals surface area contributed by atoms with E-state index in [2.05, 4.69) is 15.0 Å². The highest BCUT2D eigenvalue weighted by atomic mass is 32.2. The Labute approximate surface area is 119 Å². The molecule has 0 amide bonds. The van der Waals surface area contributed by atoms with Gasteiger partial charge in [-0.1, -0.05) is 36.0 Å². The van der Waals surface area contributed by atoms with Crippen LogP contribution in [0.25, 0.3) is 10.9 Å². The van der Waals surface area contributed by atoms with Crippen molar-refractivity contribution >= 4 is 28.5 Å². The first-order valence-corrected chi connectivity index (χ1v) is 7.03. The maximum absolute atomic E-state index is 11.3. The fourth-order valence-corrected chi connectivity index (χ4v) is 2.64. The molecule has 2 aromatic heterocycles. The fraction of sp³-hybridized carbons (Fsp3) is 0.0714. The maximum Gasteiger partial charge on any atom is 0.253 e. The molecule has 3 N–H and O–H groups in total. The van der Waals surface area contributed by atoms with E-state index in [9.17, 15) is 4.79 Å². The maximum atomic E-state index is 11.3. The number of anilines is 1. The van der Waals surface area contributed by atoms with Gasteiger partial charge in [0.1, 0.15) is 5.82 Å². The third-order valence-corrected chi connectivity index (χ3v) is 3.66. The van der Waals surface area contributed by atoms with E-state index in [0.717, 1.165) is 16.6 Å². The number of rotatable bonds is 3. The Kier molecular flexibility index (Phi) is 3.39. The summed E-state index contributed by atoms with van der Waals surface area (Å²) in [7, 11) is 0. The van der Waals surface area contributed by atoms with Crippen molar-refractivity contribution < 1.29 is 0 Å². The number of fused-ring (bicyclic) bond motifs is 1. The van der Waals surface area contributed by atoms with Crippen LogP contribution in [0.3, 0.4) is 0 Å². The van der Waals surface area contributed by atoms with E-state index in [1.807, 2.05) is 36.4 Å². The minimum absolute atomic E-state index is 0.225. The highest BCUT2D eigenvalue weighted by Gasteiger charge is 2.03. The zero-order valence-electron chi connectivity index (χ0n) is 10.5. The molecule has 0 aliphatic carbocycles. The first kappa shape index (κ1) is 12.7. The fourth-order valence-electron chi connectivity index (χ4n) is 1.85. The molecule has 0 saturated heterocycles. The van der Waals surface area contributed by atoms with Crippen molar-refractivity contribution in [2.75, 3.05) is 5.73 Å². The standard InChI is InChI=1S/C14H12N4OS/c15-12-7-13(19)18-14(17-12)20-8-10-6-5-9-3-1-2-4-11(9)16-10/h1-7H,8H2,(H3,15,17,18,19). The smallest absolute Gasteiger partial charge is 0.253 e. The van der Waals surface area contributed by atoms with E-state index in [1.165, 1.54) is 17.8 Å². The molecule has 0 atom stereocenters. The largest absolute Gasteiger partial charge is 0.383 e. The highest BCUT2D eigenvalue weighted by molar-refractivity contribution is 7.98. The summed E-state index contributed by atoms with van der Waals surface area (Å²) < 4.78 is 0. The summed E-state index contributed by atoms with van der Waals surface area (Å²) in [6.45, 7) is 0. The van der Waals surface area contributed by atoms with Gasteiger partial charge in [0.2, 0.25) is 0 Å². The lowest BCUT2D eigenvalue weighted by Gasteiger charge is -2.03. The molecular formula is C14H12N4OS. The van der Waals surface area contributed by atoms with Gasteiger partial charge in [-0.15, -0.1) is 0 Å². The third-order valence-electron chi connectivity index (χ3n) is 2.75. The molecule has 0 bridgehead atoms. The van der Waals surface area contributed by atoms with Gasteiger partial charge in [0.25, 0.3) is 5.56 Å². The number of H-pyrrole nitrogens is 1. The Morgan fingerprint density at radius 1 is 1.15 bits per heavy atom. The molecule has 6 heteroatoms. The number of benzene rings is 1. The van der Waals surface area contributed by atoms with Crippen LogP contribution >= 0.6 is 11.8 Å². The molecule has 3 aromatic rings. The van der Waals surface area contributed by atoms with Gasteiger partial charge in [-0.2, -0.15) is 0 Å². The predicted octanol–water partition coefficient (Wildman–Crippen LogP) is 2.19. The summed E-state index contributed by atoms with van der Waals surface area (Å²) in [4.78, 5) is 22.6. The van der Waals surface area contributed by atoms with Crippen molar-refractivity contribution in [1.29, 1.82) is 0 Å². The van der Waals surface area contributed by atoms with E-state index in [4.69, 9.17) is 5.73 Å². The van der Waals surface area contributed by atoms with Crippen molar-refractivity contribution in [2.45, 2.75) is 10.9 Å². The van der Waals surface area contributed by atoms with Gasteiger partial charge in [-0.25, -0.2) is 4.98 Å². The molecule has 0 aliphatic rings. The SMILES string of the molecule is Nc1cc(=O)[nH]c(SCc2ccc3ccccc3n2)n1. The third kappa shape index (κ3) is 2.80. The number of nitrogens with two attached hydrogens (primary N) is 1. The van der Waals surface area contributed by atoms with E-state index in [-0.39, 0.29) is 11.4 Å². The van der Waals surface area contributed by atoms with Crippen molar-refractivity contribution in [2.24, 2.45) is 0 Å². The Hall–Kier alpha value is -2.34. The van der Waals surface area contributed by atoms with Crippen LogP contribution in [0.15, 0.2) is 52.4 Å². The Bertz CT molecular complexity index is 815. The lowest BCUT2D eigenvalue weighted by atomic mass is 10.2.